The molecule has 1 unspecified atom stereocenters. The Morgan fingerprint density at radius 2 is 1.74 bits per heavy atom. The zero-order valence-corrected chi connectivity index (χ0v) is 17.8. The van der Waals surface area contributed by atoms with Crippen molar-refractivity contribution in [2.75, 3.05) is 13.2 Å². The van der Waals surface area contributed by atoms with Crippen molar-refractivity contribution in [1.29, 1.82) is 0 Å². The number of benzene rings is 3. The Labute approximate surface area is 181 Å². The molecule has 3 rings (SSSR count). The maximum absolute atomic E-state index is 13.3. The Morgan fingerprint density at radius 1 is 1.03 bits per heavy atom. The van der Waals surface area contributed by atoms with Gasteiger partial charge in [0.2, 0.25) is 5.91 Å². The van der Waals surface area contributed by atoms with E-state index in [-0.39, 0.29) is 30.8 Å². The Kier molecular flexibility index (Phi) is 7.60. The molecule has 2 amide bonds. The molecule has 0 fully saturated rings. The van der Waals surface area contributed by atoms with Crippen molar-refractivity contribution >= 4 is 22.6 Å². The first-order valence-corrected chi connectivity index (χ1v) is 10.4. The van der Waals surface area contributed by atoms with Crippen molar-refractivity contribution in [3.8, 4) is 5.75 Å². The smallest absolute Gasteiger partial charge is 0.261 e. The van der Waals surface area contributed by atoms with Crippen LogP contribution in [-0.4, -0.2) is 35.9 Å². The van der Waals surface area contributed by atoms with Crippen LogP contribution in [0.1, 0.15) is 25.8 Å². The Hall–Kier alpha value is -3.41. The molecule has 0 radical (unpaired) electrons. The second-order valence-corrected chi connectivity index (χ2v) is 7.38. The van der Waals surface area contributed by atoms with Crippen molar-refractivity contribution in [2.45, 2.75) is 32.9 Å². The van der Waals surface area contributed by atoms with Gasteiger partial charge in [-0.1, -0.05) is 55.5 Å². The maximum atomic E-state index is 13.3. The highest BCUT2D eigenvalue weighted by molar-refractivity contribution is 5.90. The van der Waals surface area contributed by atoms with Crippen LogP contribution in [0.4, 0.5) is 4.39 Å². The third-order valence-corrected chi connectivity index (χ3v) is 5.08. The normalized spacial score (nSPS) is 11.7. The van der Waals surface area contributed by atoms with Crippen LogP contribution in [0.15, 0.2) is 66.7 Å². The van der Waals surface area contributed by atoms with Gasteiger partial charge in [-0.25, -0.2) is 4.39 Å². The van der Waals surface area contributed by atoms with Gasteiger partial charge in [-0.15, -0.1) is 0 Å². The molecule has 0 aliphatic carbocycles. The summed E-state index contributed by atoms with van der Waals surface area (Å²) in [5.41, 5.74) is 0.732. The van der Waals surface area contributed by atoms with E-state index >= 15 is 0 Å². The van der Waals surface area contributed by atoms with Crippen LogP contribution in [-0.2, 0) is 16.1 Å². The van der Waals surface area contributed by atoms with Crippen LogP contribution < -0.4 is 10.1 Å². The Balaban J connectivity index is 1.77. The fourth-order valence-electron chi connectivity index (χ4n) is 3.31. The molecule has 1 N–H and O–H groups in total. The number of halogens is 1. The van der Waals surface area contributed by atoms with E-state index in [1.807, 2.05) is 49.4 Å². The number of nitrogens with zero attached hydrogens (tertiary/aromatic N) is 1. The van der Waals surface area contributed by atoms with Crippen LogP contribution in [0.2, 0.25) is 0 Å². The van der Waals surface area contributed by atoms with Crippen LogP contribution in [0, 0.1) is 5.82 Å². The zero-order valence-electron chi connectivity index (χ0n) is 17.8. The van der Waals surface area contributed by atoms with E-state index in [1.54, 1.807) is 19.1 Å². The van der Waals surface area contributed by atoms with Gasteiger partial charge in [0.25, 0.3) is 5.91 Å². The number of hydrogen-bond acceptors (Lipinski definition) is 3. The van der Waals surface area contributed by atoms with Gasteiger partial charge < -0.3 is 15.0 Å². The van der Waals surface area contributed by atoms with E-state index in [2.05, 4.69) is 5.32 Å². The zero-order chi connectivity index (χ0) is 22.2. The van der Waals surface area contributed by atoms with Gasteiger partial charge in [-0.3, -0.25) is 9.59 Å². The quantitative estimate of drug-likeness (QED) is 0.559. The molecule has 0 aliphatic heterocycles. The second kappa shape index (κ2) is 10.6. The number of carbonyl (C=O) groups is 2. The van der Waals surface area contributed by atoms with E-state index in [0.29, 0.717) is 12.3 Å². The summed E-state index contributed by atoms with van der Waals surface area (Å²) in [4.78, 5) is 27.1. The maximum Gasteiger partial charge on any atom is 0.261 e. The molecule has 0 saturated carbocycles. The van der Waals surface area contributed by atoms with Crippen molar-refractivity contribution in [1.82, 2.24) is 10.2 Å². The molecule has 6 heteroatoms. The molecule has 0 heterocycles. The van der Waals surface area contributed by atoms with Gasteiger partial charge in [0, 0.05) is 18.5 Å². The van der Waals surface area contributed by atoms with Gasteiger partial charge in [-0.2, -0.15) is 0 Å². The number of nitrogens with one attached hydrogen (secondary N) is 1. The first-order valence-electron chi connectivity index (χ1n) is 10.4. The third-order valence-electron chi connectivity index (χ3n) is 5.08. The van der Waals surface area contributed by atoms with Crippen molar-refractivity contribution in [3.63, 3.8) is 0 Å². The molecule has 162 valence electrons. The summed E-state index contributed by atoms with van der Waals surface area (Å²) in [6.45, 7) is 4.16. The summed E-state index contributed by atoms with van der Waals surface area (Å²) in [5.74, 6) is -0.301. The molecule has 0 bridgehead atoms. The van der Waals surface area contributed by atoms with E-state index in [9.17, 15) is 14.0 Å². The molecule has 3 aromatic rings. The minimum absolute atomic E-state index is 0.179. The lowest BCUT2D eigenvalue weighted by atomic mass is 10.1. The van der Waals surface area contributed by atoms with Crippen LogP contribution in [0.3, 0.4) is 0 Å². The molecule has 31 heavy (non-hydrogen) atoms. The highest BCUT2D eigenvalue weighted by atomic mass is 19.1. The second-order valence-electron chi connectivity index (χ2n) is 7.38. The third kappa shape index (κ3) is 5.81. The first-order chi connectivity index (χ1) is 15.0. The van der Waals surface area contributed by atoms with Crippen LogP contribution in [0.25, 0.3) is 10.8 Å². The van der Waals surface area contributed by atoms with Crippen LogP contribution >= 0.6 is 0 Å². The monoisotopic (exact) mass is 422 g/mol. The minimum Gasteiger partial charge on any atom is -0.483 e. The fourth-order valence-corrected chi connectivity index (χ4v) is 3.31. The van der Waals surface area contributed by atoms with Gasteiger partial charge >= 0.3 is 0 Å². The van der Waals surface area contributed by atoms with E-state index in [4.69, 9.17) is 4.74 Å². The van der Waals surface area contributed by atoms with Crippen molar-refractivity contribution in [3.05, 3.63) is 78.1 Å². The highest BCUT2D eigenvalue weighted by Gasteiger charge is 2.26. The summed E-state index contributed by atoms with van der Waals surface area (Å²) in [6, 6.07) is 18.6. The van der Waals surface area contributed by atoms with E-state index in [1.165, 1.54) is 17.0 Å². The molecule has 0 saturated heterocycles. The van der Waals surface area contributed by atoms with Gasteiger partial charge in [0.05, 0.1) is 0 Å². The number of hydrogen-bond donors (Lipinski definition) is 1. The molecule has 5 nitrogen and oxygen atoms in total. The molecule has 0 spiro atoms. The number of rotatable bonds is 9. The van der Waals surface area contributed by atoms with Crippen LogP contribution in [0.5, 0.6) is 5.75 Å². The Morgan fingerprint density at radius 3 is 2.48 bits per heavy atom. The van der Waals surface area contributed by atoms with E-state index in [0.717, 1.165) is 22.8 Å². The summed E-state index contributed by atoms with van der Waals surface area (Å²) in [5, 5.41) is 4.76. The predicted molar refractivity (Wildman–Crippen MR) is 119 cm³/mol. The molecule has 0 aromatic heterocycles. The molecular formula is C25H27FN2O3. The van der Waals surface area contributed by atoms with Crippen molar-refractivity contribution in [2.24, 2.45) is 0 Å². The molecule has 0 aliphatic rings. The Bertz CT molecular complexity index is 1030. The lowest BCUT2D eigenvalue weighted by Crippen LogP contribution is -2.49. The number of fused-ring (bicyclic) bond motifs is 1. The standard InChI is InChI=1S/C25H27FN2O3/c1-3-15-27-25(30)18(2)28(16-19-11-13-21(26)14-12-19)24(29)17-31-23-10-6-8-20-7-4-5-9-22(20)23/h4-14,18H,3,15-17H2,1-2H3,(H,27,30). The fraction of sp³-hybridized carbons (Fsp3) is 0.280. The van der Waals surface area contributed by atoms with Gasteiger partial charge in [0.1, 0.15) is 17.6 Å². The topological polar surface area (TPSA) is 58.6 Å². The summed E-state index contributed by atoms with van der Waals surface area (Å²) < 4.78 is 19.1. The first kappa shape index (κ1) is 22.3. The summed E-state index contributed by atoms with van der Waals surface area (Å²) >= 11 is 0. The van der Waals surface area contributed by atoms with Gasteiger partial charge in [0.15, 0.2) is 6.61 Å². The average molecular weight is 423 g/mol. The molecular weight excluding hydrogens is 395 g/mol. The number of amides is 2. The predicted octanol–water partition coefficient (Wildman–Crippen LogP) is 4.30. The van der Waals surface area contributed by atoms with Crippen molar-refractivity contribution < 1.29 is 18.7 Å². The highest BCUT2D eigenvalue weighted by Crippen LogP contribution is 2.25. The minimum atomic E-state index is -0.694. The van der Waals surface area contributed by atoms with Gasteiger partial charge in [-0.05, 0) is 42.5 Å². The average Bonchev–Trinajstić information content (AvgIpc) is 2.80. The summed E-state index contributed by atoms with van der Waals surface area (Å²) in [6.07, 6.45) is 0.800. The summed E-state index contributed by atoms with van der Waals surface area (Å²) in [7, 11) is 0. The molecule has 1 atom stereocenters. The number of carbonyl (C=O) groups excluding carboxylic acids is 2. The lowest BCUT2D eigenvalue weighted by molar-refractivity contribution is -0.142. The largest absolute Gasteiger partial charge is 0.483 e. The van der Waals surface area contributed by atoms with E-state index < -0.39 is 6.04 Å². The number of ether oxygens (including phenoxy) is 1. The molecule has 3 aromatic carbocycles. The lowest BCUT2D eigenvalue weighted by Gasteiger charge is -2.28. The SMILES string of the molecule is CCCNC(=O)C(C)N(Cc1ccc(F)cc1)C(=O)COc1cccc2ccccc12.